The lowest BCUT2D eigenvalue weighted by Crippen LogP contribution is -2.57. The van der Waals surface area contributed by atoms with Gasteiger partial charge in [0.2, 0.25) is 21.8 Å². The van der Waals surface area contributed by atoms with Crippen LogP contribution >= 0.6 is 0 Å². The summed E-state index contributed by atoms with van der Waals surface area (Å²) >= 11 is 0. The van der Waals surface area contributed by atoms with E-state index in [0.717, 1.165) is 49.9 Å². The summed E-state index contributed by atoms with van der Waals surface area (Å²) in [5, 5.41) is 2.89. The van der Waals surface area contributed by atoms with E-state index < -0.39 is 10.0 Å². The van der Waals surface area contributed by atoms with Crippen molar-refractivity contribution < 1.29 is 18.0 Å². The molecule has 1 N–H and O–H groups in total. The standard InChI is InChI=1S/C25H30N4O4S/c30-24(26-17-19-8-2-1-3-9-19)18-29-23-16-20(34(32,33)27-13-6-7-14-27)11-12-21(23)28-15-5-4-10-22(28)25(29)31/h1-3,8-9,11-12,16,22H,4-7,10,13-15,17-18H2,(H,26,30)/t22-/m0/s1. The SMILES string of the molecule is O=C(CN1C(=O)[C@@H]2CCCCN2c2ccc(S(=O)(=O)N3CCCC3)cc21)NCc1ccccc1. The minimum Gasteiger partial charge on any atom is -0.358 e. The Labute approximate surface area is 200 Å². The summed E-state index contributed by atoms with van der Waals surface area (Å²) in [5.74, 6) is -0.419. The van der Waals surface area contributed by atoms with Crippen LogP contribution in [0.5, 0.6) is 0 Å². The third-order valence-corrected chi connectivity index (χ3v) is 8.83. The van der Waals surface area contributed by atoms with Crippen LogP contribution in [0, 0.1) is 0 Å². The lowest BCUT2D eigenvalue weighted by Gasteiger charge is -2.45. The number of benzene rings is 2. The second-order valence-electron chi connectivity index (χ2n) is 9.15. The van der Waals surface area contributed by atoms with E-state index in [1.165, 1.54) is 9.21 Å². The number of nitrogens with zero attached hydrogens (tertiary/aromatic N) is 3. The van der Waals surface area contributed by atoms with Gasteiger partial charge in [-0.2, -0.15) is 4.31 Å². The van der Waals surface area contributed by atoms with Crippen molar-refractivity contribution in [2.24, 2.45) is 0 Å². The van der Waals surface area contributed by atoms with Gasteiger partial charge in [-0.25, -0.2) is 8.42 Å². The summed E-state index contributed by atoms with van der Waals surface area (Å²) in [6.07, 6.45) is 4.37. The van der Waals surface area contributed by atoms with E-state index in [1.807, 2.05) is 30.3 Å². The smallest absolute Gasteiger partial charge is 0.250 e. The molecule has 0 saturated carbocycles. The van der Waals surface area contributed by atoms with Crippen molar-refractivity contribution in [2.75, 3.05) is 36.0 Å². The predicted molar refractivity (Wildman–Crippen MR) is 130 cm³/mol. The van der Waals surface area contributed by atoms with Crippen LogP contribution < -0.4 is 15.1 Å². The van der Waals surface area contributed by atoms with Gasteiger partial charge < -0.3 is 10.2 Å². The maximum atomic E-state index is 13.5. The molecule has 9 heteroatoms. The molecule has 3 aliphatic rings. The van der Waals surface area contributed by atoms with Crippen LogP contribution in [0.25, 0.3) is 0 Å². The average Bonchev–Trinajstić information content (AvgIpc) is 3.42. The topological polar surface area (TPSA) is 90.0 Å². The second-order valence-corrected chi connectivity index (χ2v) is 11.1. The van der Waals surface area contributed by atoms with Crippen molar-refractivity contribution in [3.05, 3.63) is 54.1 Å². The van der Waals surface area contributed by atoms with Crippen LogP contribution in [0.4, 0.5) is 11.4 Å². The Morgan fingerprint density at radius 3 is 2.44 bits per heavy atom. The summed E-state index contributed by atoms with van der Waals surface area (Å²) in [6.45, 7) is 2.00. The molecule has 2 saturated heterocycles. The average molecular weight is 483 g/mol. The van der Waals surface area contributed by atoms with Gasteiger partial charge in [0.1, 0.15) is 12.6 Å². The number of fused-ring (bicyclic) bond motifs is 3. The van der Waals surface area contributed by atoms with Gasteiger partial charge in [0.15, 0.2) is 0 Å². The lowest BCUT2D eigenvalue weighted by atomic mass is 9.96. The summed E-state index contributed by atoms with van der Waals surface area (Å²) in [5.41, 5.74) is 2.29. The number of hydrogen-bond acceptors (Lipinski definition) is 5. The third-order valence-electron chi connectivity index (χ3n) is 6.94. The van der Waals surface area contributed by atoms with E-state index in [-0.39, 0.29) is 29.3 Å². The molecule has 180 valence electrons. The van der Waals surface area contributed by atoms with Crippen molar-refractivity contribution in [2.45, 2.75) is 49.6 Å². The second kappa shape index (κ2) is 9.38. The van der Waals surface area contributed by atoms with E-state index in [1.54, 1.807) is 18.2 Å². The summed E-state index contributed by atoms with van der Waals surface area (Å²) in [6, 6.07) is 14.3. The maximum Gasteiger partial charge on any atom is 0.250 e. The fourth-order valence-corrected chi connectivity index (χ4v) is 6.67. The highest BCUT2D eigenvalue weighted by atomic mass is 32.2. The molecule has 0 spiro atoms. The van der Waals surface area contributed by atoms with Crippen LogP contribution in [0.1, 0.15) is 37.7 Å². The van der Waals surface area contributed by atoms with Crippen molar-refractivity contribution >= 4 is 33.2 Å². The van der Waals surface area contributed by atoms with Crippen molar-refractivity contribution in [1.82, 2.24) is 9.62 Å². The maximum absolute atomic E-state index is 13.5. The molecule has 2 aromatic carbocycles. The molecule has 2 fully saturated rings. The summed E-state index contributed by atoms with van der Waals surface area (Å²) in [4.78, 5) is 30.1. The number of amides is 2. The quantitative estimate of drug-likeness (QED) is 0.683. The van der Waals surface area contributed by atoms with E-state index in [2.05, 4.69) is 10.2 Å². The molecule has 0 bridgehead atoms. The van der Waals surface area contributed by atoms with Crippen LogP contribution in [0.15, 0.2) is 53.4 Å². The van der Waals surface area contributed by atoms with Crippen LogP contribution in [-0.2, 0) is 26.2 Å². The third kappa shape index (κ3) is 4.30. The molecule has 3 heterocycles. The van der Waals surface area contributed by atoms with E-state index in [9.17, 15) is 18.0 Å². The van der Waals surface area contributed by atoms with Gasteiger partial charge in [0, 0.05) is 26.2 Å². The monoisotopic (exact) mass is 482 g/mol. The molecule has 1 atom stereocenters. The fraction of sp³-hybridized carbons (Fsp3) is 0.440. The first-order valence-corrected chi connectivity index (χ1v) is 13.4. The highest BCUT2D eigenvalue weighted by Crippen LogP contribution is 2.41. The van der Waals surface area contributed by atoms with E-state index in [0.29, 0.717) is 25.3 Å². The largest absolute Gasteiger partial charge is 0.358 e. The Morgan fingerprint density at radius 1 is 0.941 bits per heavy atom. The Bertz CT molecular complexity index is 1180. The van der Waals surface area contributed by atoms with Crippen molar-refractivity contribution in [3.8, 4) is 0 Å². The van der Waals surface area contributed by atoms with Gasteiger partial charge in [0.25, 0.3) is 0 Å². The van der Waals surface area contributed by atoms with Gasteiger partial charge in [-0.3, -0.25) is 14.5 Å². The summed E-state index contributed by atoms with van der Waals surface area (Å²) < 4.78 is 27.9. The molecule has 5 rings (SSSR count). The zero-order valence-corrected chi connectivity index (χ0v) is 20.0. The number of carbonyl (C=O) groups is 2. The molecule has 2 amide bonds. The minimum absolute atomic E-state index is 0.141. The Kier molecular flexibility index (Phi) is 6.31. The van der Waals surface area contributed by atoms with Crippen molar-refractivity contribution in [1.29, 1.82) is 0 Å². The van der Waals surface area contributed by atoms with Gasteiger partial charge in [-0.1, -0.05) is 30.3 Å². The number of carbonyl (C=O) groups excluding carboxylic acids is 2. The highest BCUT2D eigenvalue weighted by Gasteiger charge is 2.41. The number of anilines is 2. The number of sulfonamides is 1. The Hall–Kier alpha value is -2.91. The van der Waals surface area contributed by atoms with Gasteiger partial charge in [-0.15, -0.1) is 0 Å². The minimum atomic E-state index is -3.64. The zero-order valence-electron chi connectivity index (χ0n) is 19.2. The molecule has 3 aliphatic heterocycles. The van der Waals surface area contributed by atoms with Crippen LogP contribution in [0.3, 0.4) is 0 Å². The van der Waals surface area contributed by atoms with E-state index in [4.69, 9.17) is 0 Å². The van der Waals surface area contributed by atoms with Crippen LogP contribution in [-0.4, -0.2) is 56.8 Å². The molecule has 2 aromatic rings. The van der Waals surface area contributed by atoms with Crippen molar-refractivity contribution in [3.63, 3.8) is 0 Å². The highest BCUT2D eigenvalue weighted by molar-refractivity contribution is 7.89. The first-order valence-electron chi connectivity index (χ1n) is 12.0. The van der Waals surface area contributed by atoms with Gasteiger partial charge >= 0.3 is 0 Å². The Morgan fingerprint density at radius 2 is 1.68 bits per heavy atom. The first-order chi connectivity index (χ1) is 16.4. The zero-order chi connectivity index (χ0) is 23.7. The first kappa shape index (κ1) is 22.9. The molecular formula is C25H30N4O4S. The Balaban J connectivity index is 1.45. The molecule has 0 unspecified atom stereocenters. The number of nitrogens with one attached hydrogen (secondary N) is 1. The molecule has 0 radical (unpaired) electrons. The number of hydrogen-bond donors (Lipinski definition) is 1. The molecule has 8 nitrogen and oxygen atoms in total. The molecular weight excluding hydrogens is 452 g/mol. The molecule has 0 aromatic heterocycles. The molecule has 0 aliphatic carbocycles. The normalized spacial score (nSPS) is 20.7. The summed E-state index contributed by atoms with van der Waals surface area (Å²) in [7, 11) is -3.64. The lowest BCUT2D eigenvalue weighted by molar-refractivity contribution is -0.125. The number of piperidine rings is 1. The van der Waals surface area contributed by atoms with Crippen LogP contribution in [0.2, 0.25) is 0 Å². The van der Waals surface area contributed by atoms with Gasteiger partial charge in [-0.05, 0) is 55.9 Å². The van der Waals surface area contributed by atoms with Gasteiger partial charge in [0.05, 0.1) is 16.3 Å². The van der Waals surface area contributed by atoms with E-state index >= 15 is 0 Å². The number of rotatable bonds is 6. The molecule has 34 heavy (non-hydrogen) atoms. The fourth-order valence-electron chi connectivity index (χ4n) is 5.13. The predicted octanol–water partition coefficient (Wildman–Crippen LogP) is 2.49.